The van der Waals surface area contributed by atoms with Gasteiger partial charge in [0.2, 0.25) is 0 Å². The van der Waals surface area contributed by atoms with E-state index in [9.17, 15) is 18.8 Å². The van der Waals surface area contributed by atoms with Crippen LogP contribution in [0.5, 0.6) is 17.2 Å². The molecule has 5 rings (SSSR count). The molecule has 0 radical (unpaired) electrons. The Labute approximate surface area is 319 Å². The highest BCUT2D eigenvalue weighted by Gasteiger charge is 2.38. The monoisotopic (exact) mass is 763 g/mol. The average molecular weight is 764 g/mol. The standard InChI is InChI=1S/C41H58FN5O6Si/c1-10-45-25-28(2)47-35-34(37(52-7)36(47)40(45)49)39(48)46(43-38(35)44(5)23-15-13-11-12-14-22-41(3,4)54(8,9)50)26-30-18-19-31(42)24-33(30)53-27-29-16-20-32(51-6)21-17-29/h16-21,24,28,50H,10-15,22-23,25-27H2,1-9H3/t28-/m0/s1. The number of fused-ring (bicyclic) bond motifs is 3. The number of amides is 1. The van der Waals surface area contributed by atoms with Gasteiger partial charge in [-0.05, 0) is 68.6 Å². The molecule has 1 aliphatic rings. The molecule has 13 heteroatoms. The van der Waals surface area contributed by atoms with Crippen molar-refractivity contribution in [1.29, 1.82) is 0 Å². The first kappa shape index (κ1) is 40.8. The summed E-state index contributed by atoms with van der Waals surface area (Å²) in [5, 5.41) is 5.25. The van der Waals surface area contributed by atoms with Crippen LogP contribution in [0.15, 0.2) is 47.3 Å². The van der Waals surface area contributed by atoms with Crippen molar-refractivity contribution in [2.24, 2.45) is 0 Å². The van der Waals surface area contributed by atoms with Crippen LogP contribution in [0.3, 0.4) is 0 Å². The van der Waals surface area contributed by atoms with Gasteiger partial charge in [-0.15, -0.1) is 5.10 Å². The molecule has 2 aromatic carbocycles. The Morgan fingerprint density at radius 2 is 1.70 bits per heavy atom. The summed E-state index contributed by atoms with van der Waals surface area (Å²) in [7, 11) is 2.83. The molecule has 0 aliphatic carbocycles. The highest BCUT2D eigenvalue weighted by Crippen LogP contribution is 2.42. The Hall–Kier alpha value is -4.36. The van der Waals surface area contributed by atoms with Gasteiger partial charge in [0, 0.05) is 44.4 Å². The number of aromatic nitrogens is 3. The van der Waals surface area contributed by atoms with Crippen LogP contribution < -0.4 is 24.7 Å². The molecule has 0 saturated carbocycles. The number of methoxy groups -OCH3 is 2. The topological polar surface area (TPSA) is 111 Å². The molecule has 0 unspecified atom stereocenters. The van der Waals surface area contributed by atoms with E-state index in [0.717, 1.165) is 49.8 Å². The van der Waals surface area contributed by atoms with Crippen LogP contribution in [0.2, 0.25) is 18.1 Å². The molecule has 0 fully saturated rings. The first-order valence-corrected chi connectivity index (χ1v) is 22.1. The van der Waals surface area contributed by atoms with Crippen LogP contribution in [0.1, 0.15) is 93.9 Å². The zero-order valence-electron chi connectivity index (χ0n) is 33.5. The molecule has 1 aliphatic heterocycles. The Kier molecular flexibility index (Phi) is 12.8. The van der Waals surface area contributed by atoms with Crippen LogP contribution in [0.25, 0.3) is 10.9 Å². The van der Waals surface area contributed by atoms with Gasteiger partial charge in [-0.1, -0.05) is 57.7 Å². The van der Waals surface area contributed by atoms with Crippen molar-refractivity contribution in [3.8, 4) is 17.2 Å². The molecule has 54 heavy (non-hydrogen) atoms. The average Bonchev–Trinajstić information content (AvgIpc) is 3.50. The zero-order chi connectivity index (χ0) is 39.4. The maximum atomic E-state index is 14.6. The lowest BCUT2D eigenvalue weighted by Crippen LogP contribution is -2.42. The fourth-order valence-corrected chi connectivity index (χ4v) is 7.92. The van der Waals surface area contributed by atoms with Gasteiger partial charge in [-0.2, -0.15) is 0 Å². The largest absolute Gasteiger partial charge is 0.497 e. The van der Waals surface area contributed by atoms with Gasteiger partial charge in [0.15, 0.2) is 25.6 Å². The number of carbonyl (C=O) groups is 1. The molecular formula is C41H58FN5O6Si. The number of anilines is 1. The van der Waals surface area contributed by atoms with Crippen molar-refractivity contribution in [2.45, 2.75) is 104 Å². The minimum absolute atomic E-state index is 0.00590. The number of likely N-dealkylation sites (N-methyl/N-ethyl adjacent to an activating group) is 1. The molecule has 11 nitrogen and oxygen atoms in total. The maximum Gasteiger partial charge on any atom is 0.280 e. The predicted octanol–water partition coefficient (Wildman–Crippen LogP) is 7.77. The predicted molar refractivity (Wildman–Crippen MR) is 214 cm³/mol. The van der Waals surface area contributed by atoms with Gasteiger partial charge in [0.1, 0.15) is 34.8 Å². The second-order valence-corrected chi connectivity index (χ2v) is 20.2. The van der Waals surface area contributed by atoms with Crippen molar-refractivity contribution < 1.29 is 28.2 Å². The summed E-state index contributed by atoms with van der Waals surface area (Å²) in [4.78, 5) is 42.8. The van der Waals surface area contributed by atoms with Crippen LogP contribution >= 0.6 is 0 Å². The SMILES string of the molecule is CCN1C[C@H](C)n2c(c(OC)c3c(=O)n(Cc4ccc(F)cc4OCc4ccc(OC)cc4)nc(N(C)CCCCCCCC(C)(C)[Si](C)(C)O)c32)C1=O. The smallest absolute Gasteiger partial charge is 0.280 e. The number of ether oxygens (including phenoxy) is 3. The Balaban J connectivity index is 1.47. The van der Waals surface area contributed by atoms with Crippen molar-refractivity contribution in [2.75, 3.05) is 45.8 Å². The molecule has 1 N–H and O–H groups in total. The molecule has 3 heterocycles. The molecule has 294 valence electrons. The van der Waals surface area contributed by atoms with E-state index in [-0.39, 0.29) is 35.9 Å². The second-order valence-electron chi connectivity index (χ2n) is 15.7. The second kappa shape index (κ2) is 17.0. The molecule has 1 atom stereocenters. The minimum atomic E-state index is -2.22. The molecule has 1 amide bonds. The fourth-order valence-electron chi connectivity index (χ4n) is 7.13. The molecule has 0 saturated heterocycles. The van der Waals surface area contributed by atoms with Crippen LogP contribution in [0.4, 0.5) is 10.2 Å². The first-order valence-electron chi connectivity index (χ1n) is 19.1. The third-order valence-electron chi connectivity index (χ3n) is 11.3. The number of unbranched alkanes of at least 4 members (excludes halogenated alkanes) is 4. The van der Waals surface area contributed by atoms with E-state index in [0.29, 0.717) is 53.4 Å². The van der Waals surface area contributed by atoms with Gasteiger partial charge in [-0.3, -0.25) is 9.59 Å². The summed E-state index contributed by atoms with van der Waals surface area (Å²) < 4.78 is 35.2. The van der Waals surface area contributed by atoms with E-state index in [1.165, 1.54) is 23.9 Å². The number of nitrogens with zero attached hydrogens (tertiary/aromatic N) is 5. The van der Waals surface area contributed by atoms with Crippen LogP contribution in [-0.4, -0.2) is 79.2 Å². The van der Waals surface area contributed by atoms with Gasteiger partial charge in [0.05, 0.1) is 20.8 Å². The summed E-state index contributed by atoms with van der Waals surface area (Å²) in [5.41, 5.74) is 1.96. The molecular weight excluding hydrogens is 706 g/mol. The maximum absolute atomic E-state index is 14.6. The fraction of sp³-hybridized carbons (Fsp3) is 0.537. The zero-order valence-corrected chi connectivity index (χ0v) is 34.5. The van der Waals surface area contributed by atoms with Crippen molar-refractivity contribution >= 4 is 30.9 Å². The van der Waals surface area contributed by atoms with E-state index in [1.807, 2.05) is 62.8 Å². The summed E-state index contributed by atoms with van der Waals surface area (Å²) >= 11 is 0. The Morgan fingerprint density at radius 1 is 1.02 bits per heavy atom. The first-order chi connectivity index (χ1) is 25.6. The van der Waals surface area contributed by atoms with Crippen LogP contribution in [0, 0.1) is 5.82 Å². The lowest BCUT2D eigenvalue weighted by Gasteiger charge is -2.35. The van der Waals surface area contributed by atoms with E-state index in [4.69, 9.17) is 19.3 Å². The van der Waals surface area contributed by atoms with E-state index < -0.39 is 19.7 Å². The highest BCUT2D eigenvalue weighted by molar-refractivity contribution is 6.72. The van der Waals surface area contributed by atoms with Crippen molar-refractivity contribution in [3.05, 3.63) is 75.5 Å². The summed E-state index contributed by atoms with van der Waals surface area (Å²) in [6, 6.07) is 11.6. The van der Waals surface area contributed by atoms with E-state index in [2.05, 4.69) is 18.7 Å². The minimum Gasteiger partial charge on any atom is -0.497 e. The van der Waals surface area contributed by atoms with E-state index in [1.54, 1.807) is 18.1 Å². The number of hydrogen-bond acceptors (Lipinski definition) is 8. The van der Waals surface area contributed by atoms with Gasteiger partial charge < -0.3 is 33.4 Å². The quantitative estimate of drug-likeness (QED) is 0.0809. The summed E-state index contributed by atoms with van der Waals surface area (Å²) in [6.07, 6.45) is 6.21. The molecule has 0 bridgehead atoms. The number of benzene rings is 2. The third kappa shape index (κ3) is 8.62. The number of halogens is 1. The lowest BCUT2D eigenvalue weighted by atomic mass is 10.0. The third-order valence-corrected chi connectivity index (χ3v) is 14.8. The number of rotatable bonds is 18. The molecule has 0 spiro atoms. The molecule has 4 aromatic rings. The summed E-state index contributed by atoms with van der Waals surface area (Å²) in [5.74, 6) is 1.18. The van der Waals surface area contributed by atoms with Crippen LogP contribution in [-0.2, 0) is 13.2 Å². The normalized spacial score (nSPS) is 14.8. The van der Waals surface area contributed by atoms with Gasteiger partial charge >= 0.3 is 0 Å². The van der Waals surface area contributed by atoms with Crippen molar-refractivity contribution in [3.63, 3.8) is 0 Å². The number of carbonyl (C=O) groups excluding carboxylic acids is 1. The van der Waals surface area contributed by atoms with Gasteiger partial charge in [0.25, 0.3) is 11.5 Å². The van der Waals surface area contributed by atoms with Gasteiger partial charge in [-0.25, -0.2) is 9.07 Å². The highest BCUT2D eigenvalue weighted by atomic mass is 28.4. The van der Waals surface area contributed by atoms with Crippen molar-refractivity contribution in [1.82, 2.24) is 19.2 Å². The Morgan fingerprint density at radius 3 is 2.35 bits per heavy atom. The lowest BCUT2D eigenvalue weighted by molar-refractivity contribution is 0.0685. The molecule has 2 aromatic heterocycles. The number of hydrogen-bond donors (Lipinski definition) is 1. The van der Waals surface area contributed by atoms with E-state index >= 15 is 0 Å². The summed E-state index contributed by atoms with van der Waals surface area (Å²) in [6.45, 7) is 14.3. The Bertz CT molecular complexity index is 1990.